The normalized spacial score (nSPS) is 12.0. The van der Waals surface area contributed by atoms with Crippen molar-refractivity contribution >= 4 is 33.4 Å². The molecular formula is C20H22BrN5O. The number of rotatable bonds is 7. The minimum Gasteiger partial charge on any atom is -0.394 e. The van der Waals surface area contributed by atoms with E-state index in [1.807, 2.05) is 56.3 Å². The second-order valence-corrected chi connectivity index (χ2v) is 7.33. The van der Waals surface area contributed by atoms with Gasteiger partial charge in [0.1, 0.15) is 5.82 Å². The van der Waals surface area contributed by atoms with Crippen LogP contribution in [0.5, 0.6) is 0 Å². The van der Waals surface area contributed by atoms with Gasteiger partial charge < -0.3 is 15.7 Å². The number of aliphatic hydroxyl groups is 1. The maximum atomic E-state index is 9.64. The summed E-state index contributed by atoms with van der Waals surface area (Å²) in [5.41, 5.74) is 2.62. The molecular weight excluding hydrogens is 406 g/mol. The number of pyridine rings is 1. The molecule has 0 amide bonds. The zero-order valence-electron chi connectivity index (χ0n) is 15.2. The van der Waals surface area contributed by atoms with Crippen LogP contribution in [-0.2, 0) is 0 Å². The van der Waals surface area contributed by atoms with E-state index in [0.717, 1.165) is 21.4 Å². The van der Waals surface area contributed by atoms with E-state index in [1.165, 1.54) is 0 Å². The number of hydrogen-bond acceptors (Lipinski definition) is 6. The van der Waals surface area contributed by atoms with Crippen molar-refractivity contribution in [2.24, 2.45) is 5.92 Å². The van der Waals surface area contributed by atoms with Crippen molar-refractivity contribution in [3.8, 4) is 11.3 Å². The minimum atomic E-state index is -0.131. The molecule has 0 saturated heterocycles. The van der Waals surface area contributed by atoms with Crippen molar-refractivity contribution in [2.75, 3.05) is 17.2 Å². The topological polar surface area (TPSA) is 83.0 Å². The van der Waals surface area contributed by atoms with Gasteiger partial charge in [-0.1, -0.05) is 26.0 Å². The van der Waals surface area contributed by atoms with Crippen LogP contribution in [-0.4, -0.2) is 32.7 Å². The summed E-state index contributed by atoms with van der Waals surface area (Å²) in [7, 11) is 0. The molecule has 0 aliphatic carbocycles. The Balaban J connectivity index is 1.99. The third-order valence-electron chi connectivity index (χ3n) is 4.15. The summed E-state index contributed by atoms with van der Waals surface area (Å²) in [4.78, 5) is 13.3. The zero-order chi connectivity index (χ0) is 19.2. The SMILES string of the molecule is CC(C)[C@H](CO)Nc1nc(Nc2ccccc2Br)cc(-c2ccncc2)n1. The molecule has 7 heteroatoms. The lowest BCUT2D eigenvalue weighted by Crippen LogP contribution is -2.30. The van der Waals surface area contributed by atoms with E-state index in [-0.39, 0.29) is 18.6 Å². The predicted molar refractivity (Wildman–Crippen MR) is 112 cm³/mol. The van der Waals surface area contributed by atoms with Gasteiger partial charge in [0.25, 0.3) is 0 Å². The highest BCUT2D eigenvalue weighted by molar-refractivity contribution is 9.10. The first-order valence-corrected chi connectivity index (χ1v) is 9.54. The molecule has 3 aromatic rings. The fraction of sp³-hybridized carbons (Fsp3) is 0.250. The highest BCUT2D eigenvalue weighted by Gasteiger charge is 2.15. The lowest BCUT2D eigenvalue weighted by Gasteiger charge is -2.21. The molecule has 2 aromatic heterocycles. The van der Waals surface area contributed by atoms with E-state index in [1.54, 1.807) is 12.4 Å². The molecule has 2 heterocycles. The number of anilines is 3. The average molecular weight is 428 g/mol. The second-order valence-electron chi connectivity index (χ2n) is 6.48. The fourth-order valence-corrected chi connectivity index (χ4v) is 2.92. The zero-order valence-corrected chi connectivity index (χ0v) is 16.8. The van der Waals surface area contributed by atoms with Crippen LogP contribution in [0.2, 0.25) is 0 Å². The Labute approximate surface area is 167 Å². The van der Waals surface area contributed by atoms with Gasteiger partial charge in [-0.05, 0) is 46.1 Å². The van der Waals surface area contributed by atoms with E-state index in [9.17, 15) is 5.11 Å². The largest absolute Gasteiger partial charge is 0.394 e. The summed E-state index contributed by atoms with van der Waals surface area (Å²) in [6.45, 7) is 4.09. The van der Waals surface area contributed by atoms with Crippen LogP contribution in [0, 0.1) is 5.92 Å². The Morgan fingerprint density at radius 3 is 2.48 bits per heavy atom. The Bertz CT molecular complexity index is 889. The Hall–Kier alpha value is -2.51. The van der Waals surface area contributed by atoms with Gasteiger partial charge in [-0.3, -0.25) is 4.98 Å². The Morgan fingerprint density at radius 2 is 1.81 bits per heavy atom. The molecule has 3 rings (SSSR count). The first-order valence-electron chi connectivity index (χ1n) is 8.75. The van der Waals surface area contributed by atoms with Crippen LogP contribution in [0.4, 0.5) is 17.5 Å². The third-order valence-corrected chi connectivity index (χ3v) is 4.85. The first kappa shape index (κ1) is 19.3. The molecule has 0 bridgehead atoms. The molecule has 0 saturated carbocycles. The molecule has 1 atom stereocenters. The summed E-state index contributed by atoms with van der Waals surface area (Å²) >= 11 is 3.54. The number of benzene rings is 1. The molecule has 0 radical (unpaired) electrons. The number of nitrogens with zero attached hydrogens (tertiary/aromatic N) is 3. The van der Waals surface area contributed by atoms with Crippen molar-refractivity contribution in [2.45, 2.75) is 19.9 Å². The lowest BCUT2D eigenvalue weighted by molar-refractivity contribution is 0.248. The average Bonchev–Trinajstić information content (AvgIpc) is 2.68. The number of halogens is 1. The molecule has 0 aliphatic rings. The molecule has 27 heavy (non-hydrogen) atoms. The highest BCUT2D eigenvalue weighted by Crippen LogP contribution is 2.27. The minimum absolute atomic E-state index is 0.00745. The van der Waals surface area contributed by atoms with Crippen molar-refractivity contribution in [1.82, 2.24) is 15.0 Å². The van der Waals surface area contributed by atoms with E-state index in [4.69, 9.17) is 0 Å². The molecule has 6 nitrogen and oxygen atoms in total. The monoisotopic (exact) mass is 427 g/mol. The summed E-state index contributed by atoms with van der Waals surface area (Å²) in [5, 5.41) is 16.2. The van der Waals surface area contributed by atoms with E-state index in [0.29, 0.717) is 11.8 Å². The first-order chi connectivity index (χ1) is 13.1. The number of aliphatic hydroxyl groups excluding tert-OH is 1. The number of nitrogens with one attached hydrogen (secondary N) is 2. The van der Waals surface area contributed by atoms with Crippen LogP contribution in [0.15, 0.2) is 59.3 Å². The number of hydrogen-bond donors (Lipinski definition) is 3. The summed E-state index contributed by atoms with van der Waals surface area (Å²) < 4.78 is 0.944. The smallest absolute Gasteiger partial charge is 0.225 e. The van der Waals surface area contributed by atoms with E-state index >= 15 is 0 Å². The standard InChI is InChI=1S/C20H22BrN5O/c1-13(2)18(12-27)25-20-24-17(14-7-9-22-10-8-14)11-19(26-20)23-16-6-4-3-5-15(16)21/h3-11,13,18,27H,12H2,1-2H3,(H2,23,24,25,26)/t18-/m0/s1. The van der Waals surface area contributed by atoms with Crippen molar-refractivity contribution in [3.05, 3.63) is 59.3 Å². The van der Waals surface area contributed by atoms with Crippen LogP contribution < -0.4 is 10.6 Å². The second kappa shape index (κ2) is 8.92. The molecule has 140 valence electrons. The fourth-order valence-electron chi connectivity index (χ4n) is 2.54. The van der Waals surface area contributed by atoms with Gasteiger partial charge >= 0.3 is 0 Å². The van der Waals surface area contributed by atoms with Crippen LogP contribution in [0.3, 0.4) is 0 Å². The van der Waals surface area contributed by atoms with Crippen molar-refractivity contribution in [3.63, 3.8) is 0 Å². The Morgan fingerprint density at radius 1 is 1.07 bits per heavy atom. The van der Waals surface area contributed by atoms with Crippen LogP contribution in [0.25, 0.3) is 11.3 Å². The molecule has 0 spiro atoms. The maximum absolute atomic E-state index is 9.64. The van der Waals surface area contributed by atoms with Gasteiger partial charge in [-0.2, -0.15) is 4.98 Å². The number of aromatic nitrogens is 3. The van der Waals surface area contributed by atoms with Gasteiger partial charge in [-0.25, -0.2) is 4.98 Å². The molecule has 1 aromatic carbocycles. The van der Waals surface area contributed by atoms with Gasteiger partial charge in [0.15, 0.2) is 0 Å². The third kappa shape index (κ3) is 5.02. The maximum Gasteiger partial charge on any atom is 0.225 e. The van der Waals surface area contributed by atoms with Crippen molar-refractivity contribution < 1.29 is 5.11 Å². The molecule has 3 N–H and O–H groups in total. The summed E-state index contributed by atoms with van der Waals surface area (Å²) in [6, 6.07) is 13.4. The van der Waals surface area contributed by atoms with Gasteiger partial charge in [0, 0.05) is 28.5 Å². The summed E-state index contributed by atoms with van der Waals surface area (Å²) in [5.74, 6) is 1.36. The summed E-state index contributed by atoms with van der Waals surface area (Å²) in [6.07, 6.45) is 3.46. The molecule has 0 unspecified atom stereocenters. The molecule has 0 fully saturated rings. The quantitative estimate of drug-likeness (QED) is 0.515. The lowest BCUT2D eigenvalue weighted by atomic mass is 10.1. The number of para-hydroxylation sites is 1. The van der Waals surface area contributed by atoms with Gasteiger partial charge in [-0.15, -0.1) is 0 Å². The van der Waals surface area contributed by atoms with Gasteiger partial charge in [0.05, 0.1) is 24.0 Å². The van der Waals surface area contributed by atoms with Crippen LogP contribution >= 0.6 is 15.9 Å². The van der Waals surface area contributed by atoms with Crippen LogP contribution in [0.1, 0.15) is 13.8 Å². The highest BCUT2D eigenvalue weighted by atomic mass is 79.9. The van der Waals surface area contributed by atoms with Crippen molar-refractivity contribution in [1.29, 1.82) is 0 Å². The predicted octanol–water partition coefficient (Wildman–Crippen LogP) is 4.47. The Kier molecular flexibility index (Phi) is 6.36. The van der Waals surface area contributed by atoms with E-state index < -0.39 is 0 Å². The van der Waals surface area contributed by atoms with E-state index in [2.05, 4.69) is 41.5 Å². The van der Waals surface area contributed by atoms with Gasteiger partial charge in [0.2, 0.25) is 5.95 Å². The molecule has 0 aliphatic heterocycles.